The van der Waals surface area contributed by atoms with E-state index in [-0.39, 0.29) is 5.91 Å². The van der Waals surface area contributed by atoms with Gasteiger partial charge in [-0.1, -0.05) is 27.2 Å². The van der Waals surface area contributed by atoms with Crippen LogP contribution in [0.3, 0.4) is 0 Å². The summed E-state index contributed by atoms with van der Waals surface area (Å²) in [4.78, 5) is 22.1. The van der Waals surface area contributed by atoms with E-state index in [0.29, 0.717) is 17.4 Å². The molecule has 1 aromatic rings. The Kier molecular flexibility index (Phi) is 6.89. The molecule has 0 aliphatic carbocycles. The maximum atomic E-state index is 11.4. The molecule has 0 bridgehead atoms. The van der Waals surface area contributed by atoms with Gasteiger partial charge in [0.15, 0.2) is 6.61 Å². The van der Waals surface area contributed by atoms with E-state index in [1.165, 1.54) is 12.5 Å². The van der Waals surface area contributed by atoms with Crippen molar-refractivity contribution in [2.45, 2.75) is 52.9 Å². The van der Waals surface area contributed by atoms with Gasteiger partial charge in [0.25, 0.3) is 0 Å². The summed E-state index contributed by atoms with van der Waals surface area (Å²) < 4.78 is 5.34. The molecular weight excluding hydrogens is 282 g/mol. The zero-order valence-electron chi connectivity index (χ0n) is 13.7. The quantitative estimate of drug-likeness (QED) is 0.769. The third-order valence-electron chi connectivity index (χ3n) is 3.57. The Bertz CT molecular complexity index is 540. The third-order valence-corrected chi connectivity index (χ3v) is 3.57. The van der Waals surface area contributed by atoms with E-state index in [9.17, 15) is 9.59 Å². The molecule has 0 aliphatic rings. The predicted molar refractivity (Wildman–Crippen MR) is 86.6 cm³/mol. The molecule has 2 N–H and O–H groups in total. The van der Waals surface area contributed by atoms with E-state index in [0.717, 1.165) is 24.8 Å². The molecule has 5 nitrogen and oxygen atoms in total. The molecule has 0 aromatic heterocycles. The average molecular weight is 307 g/mol. The van der Waals surface area contributed by atoms with Crippen molar-refractivity contribution in [1.82, 2.24) is 0 Å². The maximum absolute atomic E-state index is 11.4. The van der Waals surface area contributed by atoms with Crippen molar-refractivity contribution in [3.63, 3.8) is 0 Å². The summed E-state index contributed by atoms with van der Waals surface area (Å²) in [7, 11) is 0. The van der Waals surface area contributed by atoms with Crippen LogP contribution in [0.4, 0.5) is 5.69 Å². The number of carbonyl (C=O) groups is 2. The van der Waals surface area contributed by atoms with E-state index < -0.39 is 12.6 Å². The molecule has 1 rings (SSSR count). The van der Waals surface area contributed by atoms with E-state index in [2.05, 4.69) is 26.1 Å². The van der Waals surface area contributed by atoms with E-state index in [1.54, 1.807) is 0 Å². The van der Waals surface area contributed by atoms with Gasteiger partial charge in [-0.25, -0.2) is 4.79 Å². The number of ether oxygens (including phenoxy) is 1. The largest absolute Gasteiger partial charge is 0.480 e. The number of hydrogen-bond acceptors (Lipinski definition) is 3. The lowest BCUT2D eigenvalue weighted by Crippen LogP contribution is -2.14. The van der Waals surface area contributed by atoms with Gasteiger partial charge in [0.05, 0.1) is 5.69 Å². The van der Waals surface area contributed by atoms with Crippen LogP contribution in [-0.2, 0) is 16.0 Å². The Hall–Kier alpha value is -2.04. The zero-order valence-corrected chi connectivity index (χ0v) is 13.7. The van der Waals surface area contributed by atoms with Crippen LogP contribution in [0.15, 0.2) is 12.1 Å². The van der Waals surface area contributed by atoms with E-state index in [4.69, 9.17) is 9.84 Å². The minimum absolute atomic E-state index is 0.210. The summed E-state index contributed by atoms with van der Waals surface area (Å²) in [6.45, 7) is 7.35. The summed E-state index contributed by atoms with van der Waals surface area (Å²) in [6, 6.07) is 3.77. The molecule has 5 heteroatoms. The first-order valence-corrected chi connectivity index (χ1v) is 7.67. The van der Waals surface area contributed by atoms with Crippen molar-refractivity contribution in [3.8, 4) is 5.75 Å². The molecule has 0 radical (unpaired) electrons. The molecule has 1 unspecified atom stereocenters. The van der Waals surface area contributed by atoms with Crippen LogP contribution in [0.25, 0.3) is 0 Å². The van der Waals surface area contributed by atoms with Gasteiger partial charge in [0.2, 0.25) is 5.91 Å². The number of carbonyl (C=O) groups excluding carboxylic acids is 1. The topological polar surface area (TPSA) is 75.6 Å². The standard InChI is InChI=1S/C17H25NO4/c1-5-7-13-8-16(22-10-17(20)21)15(18-12(4)19)9-14(13)11(3)6-2/h8-9,11H,5-7,10H2,1-4H3,(H,18,19)(H,20,21). The number of aryl methyl sites for hydroxylation is 1. The number of aliphatic carboxylic acids is 1. The van der Waals surface area contributed by atoms with E-state index in [1.807, 2.05) is 12.1 Å². The first-order valence-electron chi connectivity index (χ1n) is 7.67. The van der Waals surface area contributed by atoms with Gasteiger partial charge < -0.3 is 15.2 Å². The fourth-order valence-electron chi connectivity index (χ4n) is 2.35. The molecule has 122 valence electrons. The Morgan fingerprint density at radius 1 is 1.32 bits per heavy atom. The molecule has 0 aliphatic heterocycles. The lowest BCUT2D eigenvalue weighted by molar-refractivity contribution is -0.139. The molecule has 0 fully saturated rings. The molecular formula is C17H25NO4. The first kappa shape index (κ1) is 18.0. The van der Waals surface area contributed by atoms with Crippen molar-refractivity contribution < 1.29 is 19.4 Å². The highest BCUT2D eigenvalue weighted by molar-refractivity contribution is 5.90. The van der Waals surface area contributed by atoms with Gasteiger partial charge in [-0.3, -0.25) is 4.79 Å². The second-order valence-corrected chi connectivity index (χ2v) is 5.47. The van der Waals surface area contributed by atoms with Gasteiger partial charge in [0, 0.05) is 6.92 Å². The smallest absolute Gasteiger partial charge is 0.341 e. The number of carboxylic acid groups (broad SMARTS) is 1. The minimum Gasteiger partial charge on any atom is -0.480 e. The highest BCUT2D eigenvalue weighted by Gasteiger charge is 2.16. The van der Waals surface area contributed by atoms with Crippen LogP contribution in [0.1, 0.15) is 57.6 Å². The molecule has 0 spiro atoms. The highest BCUT2D eigenvalue weighted by Crippen LogP contribution is 2.34. The number of benzene rings is 1. The lowest BCUT2D eigenvalue weighted by atomic mass is 9.90. The SMILES string of the molecule is CCCc1cc(OCC(=O)O)c(NC(C)=O)cc1C(C)CC. The van der Waals surface area contributed by atoms with Crippen LogP contribution in [0.5, 0.6) is 5.75 Å². The Balaban J connectivity index is 3.29. The Labute approximate surface area is 131 Å². The average Bonchev–Trinajstić information content (AvgIpc) is 2.45. The molecule has 1 aromatic carbocycles. The van der Waals surface area contributed by atoms with Crippen molar-refractivity contribution in [2.75, 3.05) is 11.9 Å². The van der Waals surface area contributed by atoms with Gasteiger partial charge in [-0.2, -0.15) is 0 Å². The van der Waals surface area contributed by atoms with Crippen LogP contribution < -0.4 is 10.1 Å². The summed E-state index contributed by atoms with van der Waals surface area (Å²) in [5.41, 5.74) is 2.85. The predicted octanol–water partition coefficient (Wildman–Crippen LogP) is 3.57. The van der Waals surface area contributed by atoms with Crippen molar-refractivity contribution in [3.05, 3.63) is 23.3 Å². The number of nitrogens with one attached hydrogen (secondary N) is 1. The van der Waals surface area contributed by atoms with Crippen LogP contribution in [0.2, 0.25) is 0 Å². The van der Waals surface area contributed by atoms with Crippen molar-refractivity contribution in [1.29, 1.82) is 0 Å². The number of hydrogen-bond donors (Lipinski definition) is 2. The molecule has 22 heavy (non-hydrogen) atoms. The fraction of sp³-hybridized carbons (Fsp3) is 0.529. The first-order chi connectivity index (χ1) is 10.4. The van der Waals surface area contributed by atoms with E-state index >= 15 is 0 Å². The molecule has 0 saturated carbocycles. The number of rotatable bonds is 8. The second-order valence-electron chi connectivity index (χ2n) is 5.47. The number of carboxylic acids is 1. The van der Waals surface area contributed by atoms with Crippen molar-refractivity contribution >= 4 is 17.6 Å². The Morgan fingerprint density at radius 2 is 2.00 bits per heavy atom. The number of amides is 1. The molecule has 0 heterocycles. The normalized spacial score (nSPS) is 11.8. The van der Waals surface area contributed by atoms with Gasteiger partial charge >= 0.3 is 5.97 Å². The zero-order chi connectivity index (χ0) is 16.7. The molecule has 1 amide bonds. The summed E-state index contributed by atoms with van der Waals surface area (Å²) in [5.74, 6) is -0.481. The van der Waals surface area contributed by atoms with Gasteiger partial charge in [0.1, 0.15) is 5.75 Å². The summed E-state index contributed by atoms with van der Waals surface area (Å²) >= 11 is 0. The summed E-state index contributed by atoms with van der Waals surface area (Å²) in [6.07, 6.45) is 2.87. The van der Waals surface area contributed by atoms with Crippen LogP contribution >= 0.6 is 0 Å². The summed E-state index contributed by atoms with van der Waals surface area (Å²) in [5, 5.41) is 11.5. The fourth-order valence-corrected chi connectivity index (χ4v) is 2.35. The molecule has 1 atom stereocenters. The van der Waals surface area contributed by atoms with Crippen LogP contribution in [0, 0.1) is 0 Å². The minimum atomic E-state index is -1.04. The second kappa shape index (κ2) is 8.41. The van der Waals surface area contributed by atoms with Gasteiger partial charge in [-0.15, -0.1) is 0 Å². The molecule has 0 saturated heterocycles. The number of anilines is 1. The third kappa shape index (κ3) is 5.06. The maximum Gasteiger partial charge on any atom is 0.341 e. The highest BCUT2D eigenvalue weighted by atomic mass is 16.5. The van der Waals surface area contributed by atoms with Crippen molar-refractivity contribution in [2.24, 2.45) is 0 Å². The lowest BCUT2D eigenvalue weighted by Gasteiger charge is -2.19. The monoisotopic (exact) mass is 307 g/mol. The van der Waals surface area contributed by atoms with Crippen LogP contribution in [-0.4, -0.2) is 23.6 Å². The van der Waals surface area contributed by atoms with Gasteiger partial charge in [-0.05, 0) is 42.0 Å². The Morgan fingerprint density at radius 3 is 2.50 bits per heavy atom.